The summed E-state index contributed by atoms with van der Waals surface area (Å²) in [5.41, 5.74) is 1.78. The van der Waals surface area contributed by atoms with Gasteiger partial charge in [0.05, 0.1) is 27.4 Å². The van der Waals surface area contributed by atoms with Gasteiger partial charge in [0, 0.05) is 21.9 Å². The molecule has 0 saturated heterocycles. The number of rotatable bonds is 1. The second-order valence-corrected chi connectivity index (χ2v) is 15.0. The van der Waals surface area contributed by atoms with Crippen molar-refractivity contribution in [3.8, 4) is 6.07 Å². The molecule has 0 amide bonds. The Morgan fingerprint density at radius 2 is 1.07 bits per heavy atom. The van der Waals surface area contributed by atoms with Crippen molar-refractivity contribution < 1.29 is 0 Å². The van der Waals surface area contributed by atoms with Crippen molar-refractivity contribution in [2.24, 2.45) is 0 Å². The third-order valence-electron chi connectivity index (χ3n) is 7.07. The van der Waals surface area contributed by atoms with Crippen LogP contribution in [0.4, 0.5) is 0 Å². The normalized spacial score (nSPS) is 12.7. The lowest BCUT2D eigenvalue weighted by molar-refractivity contribution is 0.338. The van der Waals surface area contributed by atoms with Crippen molar-refractivity contribution in [2.45, 2.75) is 118 Å². The van der Waals surface area contributed by atoms with Gasteiger partial charge in [0.1, 0.15) is 17.7 Å². The van der Waals surface area contributed by atoms with Crippen LogP contribution >= 0.6 is 0 Å². The maximum atomic E-state index is 13.0. The van der Waals surface area contributed by atoms with Gasteiger partial charge in [-0.3, -0.25) is 18.7 Å². The van der Waals surface area contributed by atoms with E-state index in [0.29, 0.717) is 22.3 Å². The fourth-order valence-corrected chi connectivity index (χ4v) is 5.10. The van der Waals surface area contributed by atoms with Gasteiger partial charge in [-0.2, -0.15) is 5.26 Å². The zero-order chi connectivity index (χ0) is 32.0. The van der Waals surface area contributed by atoms with Crippen molar-refractivity contribution >= 4 is 21.8 Å². The third-order valence-corrected chi connectivity index (χ3v) is 7.07. The molecule has 2 aromatic heterocycles. The third kappa shape index (κ3) is 6.33. The minimum atomic E-state index is -0.371. The summed E-state index contributed by atoms with van der Waals surface area (Å²) in [5.74, 6) is 1.56. The van der Waals surface area contributed by atoms with E-state index < -0.39 is 0 Å². The summed E-state index contributed by atoms with van der Waals surface area (Å²) in [5, 5.41) is 10.5. The van der Waals surface area contributed by atoms with E-state index in [9.17, 15) is 14.9 Å². The minimum Gasteiger partial charge on any atom is -0.290 e. The van der Waals surface area contributed by atoms with E-state index in [4.69, 9.17) is 4.98 Å². The van der Waals surface area contributed by atoms with E-state index in [0.717, 1.165) is 28.7 Å². The zero-order valence-corrected chi connectivity index (χ0v) is 27.7. The van der Waals surface area contributed by atoms with Gasteiger partial charge < -0.3 is 0 Å². The SMILES string of the molecule is CC(C)(C)c1nc2c(C#N)cccc2c(=O)n1C(C)(C)C.CCc1cccc2c(=O)n(C(C)(C)C)c(C(C)(C)C)nc12. The average molecular weight is 570 g/mol. The minimum absolute atomic E-state index is 0.0627. The van der Waals surface area contributed by atoms with Gasteiger partial charge in [-0.1, -0.05) is 66.7 Å². The van der Waals surface area contributed by atoms with Crippen LogP contribution in [0.3, 0.4) is 0 Å². The topological polar surface area (TPSA) is 93.6 Å². The molecule has 0 N–H and O–H groups in total. The summed E-state index contributed by atoms with van der Waals surface area (Å²) in [7, 11) is 0. The molecule has 0 radical (unpaired) electrons. The number of aryl methyl sites for hydroxylation is 1. The summed E-state index contributed by atoms with van der Waals surface area (Å²) >= 11 is 0. The van der Waals surface area contributed by atoms with E-state index in [1.807, 2.05) is 58.2 Å². The Bertz CT molecular complexity index is 1790. The number of hydrogen-bond donors (Lipinski definition) is 0. The highest BCUT2D eigenvalue weighted by molar-refractivity contribution is 5.83. The lowest BCUT2D eigenvalue weighted by Crippen LogP contribution is -2.40. The van der Waals surface area contributed by atoms with Crippen molar-refractivity contribution in [3.63, 3.8) is 0 Å². The van der Waals surface area contributed by atoms with Gasteiger partial charge in [0.15, 0.2) is 0 Å². The summed E-state index contributed by atoms with van der Waals surface area (Å²) < 4.78 is 3.60. The molecule has 4 rings (SSSR count). The van der Waals surface area contributed by atoms with Gasteiger partial charge >= 0.3 is 0 Å². The van der Waals surface area contributed by atoms with E-state index in [1.54, 1.807) is 22.8 Å². The maximum Gasteiger partial charge on any atom is 0.261 e. The standard InChI is InChI=1S/C18H26N2O.C17H21N3O/c1-8-12-10-9-11-13-14(12)19-16(17(2,3)4)20(15(13)21)18(5,6)7;1-16(2,3)15-19-13-11(10-18)8-7-9-12(13)14(21)20(15)17(4,5)6/h9-11H,8H2,1-7H3;7-9H,1-6H3. The average Bonchev–Trinajstić information content (AvgIpc) is 2.85. The summed E-state index contributed by atoms with van der Waals surface area (Å²) in [6, 6.07) is 13.2. The van der Waals surface area contributed by atoms with E-state index in [-0.39, 0.29) is 33.0 Å². The predicted octanol–water partition coefficient (Wildman–Crippen LogP) is 7.33. The molecule has 0 bridgehead atoms. The molecule has 42 heavy (non-hydrogen) atoms. The lowest BCUT2D eigenvalue weighted by atomic mass is 9.92. The van der Waals surface area contributed by atoms with E-state index >= 15 is 0 Å². The van der Waals surface area contributed by atoms with Gasteiger partial charge in [0.25, 0.3) is 11.1 Å². The highest BCUT2D eigenvalue weighted by Gasteiger charge is 2.30. The zero-order valence-electron chi connectivity index (χ0n) is 27.7. The summed E-state index contributed by atoms with van der Waals surface area (Å²) in [4.78, 5) is 35.6. The molecule has 2 aromatic carbocycles. The van der Waals surface area contributed by atoms with Crippen LogP contribution in [-0.4, -0.2) is 19.1 Å². The molecule has 0 aliphatic rings. The van der Waals surface area contributed by atoms with Gasteiger partial charge in [0.2, 0.25) is 0 Å². The fraction of sp³-hybridized carbons (Fsp3) is 0.514. The lowest BCUT2D eigenvalue weighted by Gasteiger charge is -2.31. The number of para-hydroxylation sites is 2. The molecule has 224 valence electrons. The van der Waals surface area contributed by atoms with Crippen molar-refractivity contribution in [3.05, 3.63) is 79.9 Å². The number of nitriles is 1. The molecule has 0 atom stereocenters. The van der Waals surface area contributed by atoms with Crippen molar-refractivity contribution in [1.29, 1.82) is 5.26 Å². The van der Waals surface area contributed by atoms with Crippen LogP contribution in [0, 0.1) is 11.3 Å². The second-order valence-electron chi connectivity index (χ2n) is 15.0. The van der Waals surface area contributed by atoms with Gasteiger partial charge in [-0.05, 0) is 71.7 Å². The quantitative estimate of drug-likeness (QED) is 0.239. The van der Waals surface area contributed by atoms with Crippen LogP contribution in [0.15, 0.2) is 46.0 Å². The Labute approximate surface area is 250 Å². The van der Waals surface area contributed by atoms with Crippen LogP contribution in [0.1, 0.15) is 113 Å². The number of fused-ring (bicyclic) bond motifs is 2. The predicted molar refractivity (Wildman–Crippen MR) is 173 cm³/mol. The monoisotopic (exact) mass is 569 g/mol. The summed E-state index contributed by atoms with van der Waals surface area (Å²) in [6.07, 6.45) is 0.882. The Morgan fingerprint density at radius 3 is 1.45 bits per heavy atom. The first-order valence-corrected chi connectivity index (χ1v) is 14.7. The second kappa shape index (κ2) is 11.1. The molecule has 7 heteroatoms. The Morgan fingerprint density at radius 1 is 0.667 bits per heavy atom. The Kier molecular flexibility index (Phi) is 8.67. The van der Waals surface area contributed by atoms with Gasteiger partial charge in [-0.25, -0.2) is 9.97 Å². The highest BCUT2D eigenvalue weighted by Crippen LogP contribution is 2.28. The van der Waals surface area contributed by atoms with E-state index in [2.05, 4.69) is 65.6 Å². The molecule has 4 aromatic rings. The Hall–Kier alpha value is -3.79. The van der Waals surface area contributed by atoms with Crippen LogP contribution in [0.2, 0.25) is 0 Å². The molecular weight excluding hydrogens is 522 g/mol. The molecule has 0 saturated carbocycles. The highest BCUT2D eigenvalue weighted by atomic mass is 16.1. The first-order chi connectivity index (χ1) is 19.1. The number of benzene rings is 2. The molecule has 0 unspecified atom stereocenters. The molecule has 7 nitrogen and oxygen atoms in total. The van der Waals surface area contributed by atoms with Crippen LogP contribution in [-0.2, 0) is 28.3 Å². The summed E-state index contributed by atoms with van der Waals surface area (Å²) in [6.45, 7) is 26.6. The maximum absolute atomic E-state index is 13.0. The number of hydrogen-bond acceptors (Lipinski definition) is 5. The van der Waals surface area contributed by atoms with Crippen LogP contribution < -0.4 is 11.1 Å². The van der Waals surface area contributed by atoms with Crippen LogP contribution in [0.25, 0.3) is 21.8 Å². The van der Waals surface area contributed by atoms with Crippen molar-refractivity contribution in [1.82, 2.24) is 19.1 Å². The Balaban J connectivity index is 0.000000230. The van der Waals surface area contributed by atoms with Crippen LogP contribution in [0.5, 0.6) is 0 Å². The molecule has 2 heterocycles. The molecule has 0 spiro atoms. The molecular formula is C35H47N5O2. The number of nitrogens with zero attached hydrogens (tertiary/aromatic N) is 5. The molecule has 0 fully saturated rings. The van der Waals surface area contributed by atoms with Crippen molar-refractivity contribution in [2.75, 3.05) is 0 Å². The first-order valence-electron chi connectivity index (χ1n) is 14.7. The fourth-order valence-electron chi connectivity index (χ4n) is 5.10. The molecule has 0 aliphatic heterocycles. The molecule has 0 aliphatic carbocycles. The first kappa shape index (κ1) is 32.7. The van der Waals surface area contributed by atoms with Gasteiger partial charge in [-0.15, -0.1) is 0 Å². The van der Waals surface area contributed by atoms with E-state index in [1.165, 1.54) is 0 Å². The largest absolute Gasteiger partial charge is 0.290 e. The number of aromatic nitrogens is 4. The smallest absolute Gasteiger partial charge is 0.261 e.